The minimum atomic E-state index is -0.466. The lowest BCUT2D eigenvalue weighted by Crippen LogP contribution is -2.48. The van der Waals surface area contributed by atoms with Gasteiger partial charge in [-0.25, -0.2) is 0 Å². The lowest BCUT2D eigenvalue weighted by Gasteiger charge is -2.19. The van der Waals surface area contributed by atoms with Gasteiger partial charge in [-0.3, -0.25) is 4.79 Å². The quantitative estimate of drug-likeness (QED) is 0.805. The molecule has 4 heteroatoms. The molecule has 1 amide bonds. The van der Waals surface area contributed by atoms with Crippen molar-refractivity contribution in [3.05, 3.63) is 29.3 Å². The molecule has 0 saturated heterocycles. The smallest absolute Gasteiger partial charge is 0.238 e. The Morgan fingerprint density at radius 2 is 2.00 bits per heavy atom. The Morgan fingerprint density at radius 1 is 1.33 bits per heavy atom. The van der Waals surface area contributed by atoms with Crippen molar-refractivity contribution in [2.45, 2.75) is 39.8 Å². The molecule has 1 unspecified atom stereocenters. The molecule has 0 heterocycles. The number of aryl methyl sites for hydroxylation is 2. The van der Waals surface area contributed by atoms with E-state index >= 15 is 0 Å². The van der Waals surface area contributed by atoms with E-state index in [1.807, 2.05) is 45.9 Å². The third-order valence-electron chi connectivity index (χ3n) is 2.77. The first-order chi connectivity index (χ1) is 8.40. The lowest BCUT2D eigenvalue weighted by atomic mass is 10.1. The Balaban J connectivity index is 2.61. The van der Waals surface area contributed by atoms with Crippen LogP contribution in [0.5, 0.6) is 5.75 Å². The zero-order valence-electron chi connectivity index (χ0n) is 11.5. The molecule has 1 atom stereocenters. The van der Waals surface area contributed by atoms with Crippen molar-refractivity contribution in [1.82, 2.24) is 5.32 Å². The Hall–Kier alpha value is -1.55. The second-order valence-corrected chi connectivity index (χ2v) is 4.83. The van der Waals surface area contributed by atoms with Gasteiger partial charge in [-0.15, -0.1) is 0 Å². The van der Waals surface area contributed by atoms with Crippen molar-refractivity contribution >= 4 is 5.91 Å². The fraction of sp³-hybridized carbons (Fsp3) is 0.500. The highest BCUT2D eigenvalue weighted by atomic mass is 16.5. The van der Waals surface area contributed by atoms with Crippen LogP contribution in [0, 0.1) is 13.8 Å². The predicted octanol–water partition coefficient (Wildman–Crippen LogP) is 1.53. The number of rotatable bonds is 6. The summed E-state index contributed by atoms with van der Waals surface area (Å²) in [5.41, 5.74) is 7.71. The van der Waals surface area contributed by atoms with E-state index in [4.69, 9.17) is 10.5 Å². The zero-order valence-corrected chi connectivity index (χ0v) is 11.5. The molecule has 0 aromatic heterocycles. The van der Waals surface area contributed by atoms with Crippen LogP contribution in [0.3, 0.4) is 0 Å². The fourth-order valence-corrected chi connectivity index (χ4v) is 1.60. The highest BCUT2D eigenvalue weighted by molar-refractivity contribution is 5.80. The molecule has 4 nitrogen and oxygen atoms in total. The number of carbonyl (C=O) groups excluding carboxylic acids is 1. The summed E-state index contributed by atoms with van der Waals surface area (Å²) in [5, 5.41) is 3.08. The summed E-state index contributed by atoms with van der Waals surface area (Å²) in [6.45, 7) is 8.25. The second kappa shape index (κ2) is 6.40. The van der Waals surface area contributed by atoms with E-state index in [0.717, 1.165) is 5.75 Å². The summed E-state index contributed by atoms with van der Waals surface area (Å²) in [6.07, 6.45) is 0. The van der Waals surface area contributed by atoms with Crippen molar-refractivity contribution in [2.75, 3.05) is 6.61 Å². The monoisotopic (exact) mass is 250 g/mol. The van der Waals surface area contributed by atoms with Crippen LogP contribution in [-0.4, -0.2) is 24.6 Å². The van der Waals surface area contributed by atoms with E-state index in [9.17, 15) is 4.79 Å². The fourth-order valence-electron chi connectivity index (χ4n) is 1.60. The van der Waals surface area contributed by atoms with Crippen LogP contribution in [0.1, 0.15) is 25.0 Å². The van der Waals surface area contributed by atoms with Gasteiger partial charge in [0, 0.05) is 6.04 Å². The first kappa shape index (κ1) is 14.5. The summed E-state index contributed by atoms with van der Waals surface area (Å²) in [7, 11) is 0. The second-order valence-electron chi connectivity index (χ2n) is 4.83. The van der Waals surface area contributed by atoms with Gasteiger partial charge >= 0.3 is 0 Å². The van der Waals surface area contributed by atoms with E-state index in [1.54, 1.807) is 0 Å². The molecule has 1 rings (SSSR count). The number of nitrogens with two attached hydrogens (primary N) is 1. The van der Waals surface area contributed by atoms with Crippen LogP contribution < -0.4 is 15.8 Å². The van der Waals surface area contributed by atoms with Gasteiger partial charge in [0.15, 0.2) is 0 Å². The Morgan fingerprint density at radius 3 is 2.50 bits per heavy atom. The van der Waals surface area contributed by atoms with E-state index in [1.165, 1.54) is 11.1 Å². The third-order valence-corrected chi connectivity index (χ3v) is 2.77. The molecule has 0 spiro atoms. The SMILES string of the molecule is Cc1ccc(OCC(NC(C)C)C(N)=O)cc1C. The summed E-state index contributed by atoms with van der Waals surface area (Å²) >= 11 is 0. The van der Waals surface area contributed by atoms with Crippen molar-refractivity contribution in [1.29, 1.82) is 0 Å². The van der Waals surface area contributed by atoms with Crippen molar-refractivity contribution in [3.8, 4) is 5.75 Å². The van der Waals surface area contributed by atoms with Crippen LogP contribution in [0.4, 0.5) is 0 Å². The average Bonchev–Trinajstić information content (AvgIpc) is 2.28. The molecule has 0 radical (unpaired) electrons. The first-order valence-corrected chi connectivity index (χ1v) is 6.15. The van der Waals surface area contributed by atoms with Gasteiger partial charge in [-0.1, -0.05) is 19.9 Å². The van der Waals surface area contributed by atoms with Crippen molar-refractivity contribution in [3.63, 3.8) is 0 Å². The maximum Gasteiger partial charge on any atom is 0.238 e. The molecule has 0 bridgehead atoms. The van der Waals surface area contributed by atoms with Gasteiger partial charge in [-0.05, 0) is 37.1 Å². The number of ether oxygens (including phenoxy) is 1. The van der Waals surface area contributed by atoms with Crippen molar-refractivity contribution in [2.24, 2.45) is 5.73 Å². The van der Waals surface area contributed by atoms with E-state index in [2.05, 4.69) is 5.32 Å². The number of hydrogen-bond donors (Lipinski definition) is 2. The normalized spacial score (nSPS) is 12.5. The van der Waals surface area contributed by atoms with Crippen molar-refractivity contribution < 1.29 is 9.53 Å². The third kappa shape index (κ3) is 4.37. The van der Waals surface area contributed by atoms with Gasteiger partial charge in [0.25, 0.3) is 0 Å². The summed E-state index contributed by atoms with van der Waals surface area (Å²) in [5.74, 6) is 0.363. The standard InChI is InChI=1S/C14H22N2O2/c1-9(2)16-13(14(15)17)8-18-12-6-5-10(3)11(4)7-12/h5-7,9,13,16H,8H2,1-4H3,(H2,15,17). The average molecular weight is 250 g/mol. The summed E-state index contributed by atoms with van der Waals surface area (Å²) < 4.78 is 5.60. The number of nitrogens with one attached hydrogen (secondary N) is 1. The molecular weight excluding hydrogens is 228 g/mol. The summed E-state index contributed by atoms with van der Waals surface area (Å²) in [6, 6.07) is 5.58. The van der Waals surface area contributed by atoms with Crippen LogP contribution in [0.25, 0.3) is 0 Å². The zero-order chi connectivity index (χ0) is 13.7. The molecule has 0 fully saturated rings. The van der Waals surface area contributed by atoms with Gasteiger partial charge in [-0.2, -0.15) is 0 Å². The topological polar surface area (TPSA) is 64.3 Å². The number of hydrogen-bond acceptors (Lipinski definition) is 3. The van der Waals surface area contributed by atoms with Gasteiger partial charge in [0.2, 0.25) is 5.91 Å². The Kier molecular flexibility index (Phi) is 5.16. The predicted molar refractivity (Wildman–Crippen MR) is 72.7 cm³/mol. The van der Waals surface area contributed by atoms with Crippen LogP contribution in [0.2, 0.25) is 0 Å². The van der Waals surface area contributed by atoms with Gasteiger partial charge in [0.05, 0.1) is 0 Å². The Labute approximate surface area is 109 Å². The largest absolute Gasteiger partial charge is 0.491 e. The number of carbonyl (C=O) groups is 1. The van der Waals surface area contributed by atoms with Crippen LogP contribution in [0.15, 0.2) is 18.2 Å². The minimum absolute atomic E-state index is 0.186. The highest BCUT2D eigenvalue weighted by Gasteiger charge is 2.16. The van der Waals surface area contributed by atoms with E-state index in [0.29, 0.717) is 0 Å². The molecular formula is C14H22N2O2. The number of amides is 1. The summed E-state index contributed by atoms with van der Waals surface area (Å²) in [4.78, 5) is 11.3. The molecule has 1 aromatic rings. The minimum Gasteiger partial charge on any atom is -0.491 e. The Bertz CT molecular complexity index is 416. The van der Waals surface area contributed by atoms with E-state index in [-0.39, 0.29) is 12.6 Å². The first-order valence-electron chi connectivity index (χ1n) is 6.15. The molecule has 3 N–H and O–H groups in total. The van der Waals surface area contributed by atoms with E-state index < -0.39 is 11.9 Å². The van der Waals surface area contributed by atoms with Gasteiger partial charge in [0.1, 0.15) is 18.4 Å². The number of benzene rings is 1. The molecule has 0 aliphatic carbocycles. The maximum absolute atomic E-state index is 11.3. The molecule has 100 valence electrons. The molecule has 0 aliphatic rings. The maximum atomic E-state index is 11.3. The number of primary amides is 1. The lowest BCUT2D eigenvalue weighted by molar-refractivity contribution is -0.120. The molecule has 18 heavy (non-hydrogen) atoms. The van der Waals surface area contributed by atoms with Crippen LogP contribution >= 0.6 is 0 Å². The molecule has 0 saturated carbocycles. The van der Waals surface area contributed by atoms with Crippen LogP contribution in [-0.2, 0) is 4.79 Å². The molecule has 1 aromatic carbocycles. The highest BCUT2D eigenvalue weighted by Crippen LogP contribution is 2.16. The van der Waals surface area contributed by atoms with Gasteiger partial charge < -0.3 is 15.8 Å². The molecule has 0 aliphatic heterocycles.